The summed E-state index contributed by atoms with van der Waals surface area (Å²) < 4.78 is 11.0. The number of benzene rings is 2. The molecule has 18 heavy (non-hydrogen) atoms. The summed E-state index contributed by atoms with van der Waals surface area (Å²) in [7, 11) is 1.67. The van der Waals surface area contributed by atoms with Crippen molar-refractivity contribution < 1.29 is 9.47 Å². The van der Waals surface area contributed by atoms with E-state index in [1.54, 1.807) is 18.9 Å². The standard InChI is InChI=1S/C15H12O2S/c1-16-12-7-8-13-14(10-12)18-15(17-13)9-11-5-3-2-4-6-11/h2-10H,1H3/b15-9+. The van der Waals surface area contributed by atoms with Gasteiger partial charge in [-0.25, -0.2) is 0 Å². The van der Waals surface area contributed by atoms with E-state index in [0.29, 0.717) is 0 Å². The molecule has 0 radical (unpaired) electrons. The molecule has 0 spiro atoms. The Kier molecular flexibility index (Phi) is 2.99. The van der Waals surface area contributed by atoms with Crippen molar-refractivity contribution >= 4 is 17.8 Å². The molecule has 3 rings (SSSR count). The minimum absolute atomic E-state index is 0.853. The van der Waals surface area contributed by atoms with E-state index in [1.165, 1.54) is 0 Å². The smallest absolute Gasteiger partial charge is 0.166 e. The maximum Gasteiger partial charge on any atom is 0.166 e. The molecule has 2 aromatic carbocycles. The molecule has 0 unspecified atom stereocenters. The molecule has 0 aliphatic carbocycles. The monoisotopic (exact) mass is 256 g/mol. The molecular weight excluding hydrogens is 244 g/mol. The molecule has 0 amide bonds. The van der Waals surface area contributed by atoms with Gasteiger partial charge >= 0.3 is 0 Å². The van der Waals surface area contributed by atoms with E-state index in [4.69, 9.17) is 9.47 Å². The minimum atomic E-state index is 0.853. The number of fused-ring (bicyclic) bond motifs is 1. The average Bonchev–Trinajstić information content (AvgIpc) is 2.80. The molecule has 3 heteroatoms. The zero-order valence-electron chi connectivity index (χ0n) is 9.92. The molecule has 90 valence electrons. The van der Waals surface area contributed by atoms with E-state index in [1.807, 2.05) is 42.5 Å². The Labute approximate surface area is 110 Å². The van der Waals surface area contributed by atoms with Gasteiger partial charge in [-0.15, -0.1) is 0 Å². The van der Waals surface area contributed by atoms with Crippen molar-refractivity contribution in [3.05, 3.63) is 59.2 Å². The lowest BCUT2D eigenvalue weighted by molar-refractivity contribution is 0.411. The molecule has 1 aliphatic rings. The number of ether oxygens (including phenoxy) is 2. The maximum absolute atomic E-state index is 5.78. The molecule has 0 bridgehead atoms. The summed E-state index contributed by atoms with van der Waals surface area (Å²) in [6, 6.07) is 16.0. The molecule has 0 fully saturated rings. The summed E-state index contributed by atoms with van der Waals surface area (Å²) in [5.41, 5.74) is 1.14. The maximum atomic E-state index is 5.78. The molecule has 1 aliphatic heterocycles. The topological polar surface area (TPSA) is 18.5 Å². The molecule has 0 N–H and O–H groups in total. The van der Waals surface area contributed by atoms with E-state index < -0.39 is 0 Å². The van der Waals surface area contributed by atoms with Crippen LogP contribution in [0.1, 0.15) is 5.56 Å². The fraction of sp³-hybridized carbons (Fsp3) is 0.0667. The first kappa shape index (κ1) is 11.2. The quantitative estimate of drug-likeness (QED) is 0.803. The Morgan fingerprint density at radius 2 is 1.94 bits per heavy atom. The van der Waals surface area contributed by atoms with Crippen molar-refractivity contribution in [1.82, 2.24) is 0 Å². The van der Waals surface area contributed by atoms with Gasteiger partial charge in [-0.1, -0.05) is 30.3 Å². The van der Waals surface area contributed by atoms with Gasteiger partial charge in [0.2, 0.25) is 0 Å². The lowest BCUT2D eigenvalue weighted by Crippen LogP contribution is -1.84. The highest BCUT2D eigenvalue weighted by Crippen LogP contribution is 2.45. The normalized spacial score (nSPS) is 15.3. The highest BCUT2D eigenvalue weighted by molar-refractivity contribution is 8.03. The second kappa shape index (κ2) is 4.78. The lowest BCUT2D eigenvalue weighted by atomic mass is 10.2. The van der Waals surface area contributed by atoms with Gasteiger partial charge in [0, 0.05) is 0 Å². The highest BCUT2D eigenvalue weighted by Gasteiger charge is 2.18. The zero-order chi connectivity index (χ0) is 12.4. The second-order valence-corrected chi connectivity index (χ2v) is 4.94. The second-order valence-electron chi connectivity index (χ2n) is 3.89. The SMILES string of the molecule is COc1ccc2c(c1)S/C(=C/c1ccccc1)O2. The molecule has 2 aromatic rings. The predicted octanol–water partition coefficient (Wildman–Crippen LogP) is 4.18. The summed E-state index contributed by atoms with van der Waals surface area (Å²) >= 11 is 1.62. The first-order valence-electron chi connectivity index (χ1n) is 5.65. The Hall–Kier alpha value is -1.87. The minimum Gasteiger partial charge on any atom is -0.497 e. The van der Waals surface area contributed by atoms with E-state index in [0.717, 1.165) is 27.0 Å². The van der Waals surface area contributed by atoms with Gasteiger partial charge in [0.05, 0.1) is 12.0 Å². The van der Waals surface area contributed by atoms with Crippen LogP contribution < -0.4 is 9.47 Å². The number of rotatable bonds is 2. The van der Waals surface area contributed by atoms with Crippen LogP contribution in [0.3, 0.4) is 0 Å². The van der Waals surface area contributed by atoms with Crippen LogP contribution >= 0.6 is 11.8 Å². The van der Waals surface area contributed by atoms with E-state index in [2.05, 4.69) is 12.1 Å². The van der Waals surface area contributed by atoms with Crippen LogP contribution in [0.2, 0.25) is 0 Å². The van der Waals surface area contributed by atoms with Gasteiger partial charge < -0.3 is 9.47 Å². The first-order chi connectivity index (χ1) is 8.85. The summed E-state index contributed by atoms with van der Waals surface area (Å²) in [5.74, 6) is 1.74. The fourth-order valence-electron chi connectivity index (χ4n) is 1.76. The van der Waals surface area contributed by atoms with Gasteiger partial charge in [-0.2, -0.15) is 0 Å². The van der Waals surface area contributed by atoms with Gasteiger partial charge in [0.25, 0.3) is 0 Å². The van der Waals surface area contributed by atoms with E-state index in [-0.39, 0.29) is 0 Å². The number of hydrogen-bond donors (Lipinski definition) is 0. The molecule has 0 saturated heterocycles. The van der Waals surface area contributed by atoms with Crippen LogP contribution in [0.25, 0.3) is 6.08 Å². The van der Waals surface area contributed by atoms with Crippen LogP contribution in [-0.4, -0.2) is 7.11 Å². The number of thioether (sulfide) groups is 1. The summed E-state index contributed by atoms with van der Waals surface area (Å²) in [6.07, 6.45) is 2.04. The Morgan fingerprint density at radius 1 is 1.11 bits per heavy atom. The molecule has 2 nitrogen and oxygen atoms in total. The van der Waals surface area contributed by atoms with Crippen LogP contribution in [-0.2, 0) is 0 Å². The summed E-state index contributed by atoms with van der Waals surface area (Å²) in [6.45, 7) is 0. The molecule has 0 atom stereocenters. The largest absolute Gasteiger partial charge is 0.497 e. The van der Waals surface area contributed by atoms with Gasteiger partial charge in [0.1, 0.15) is 11.5 Å². The molecule has 0 aromatic heterocycles. The van der Waals surface area contributed by atoms with Crippen LogP contribution in [0.5, 0.6) is 11.5 Å². The third-order valence-corrected chi connectivity index (χ3v) is 3.60. The van der Waals surface area contributed by atoms with E-state index >= 15 is 0 Å². The number of methoxy groups -OCH3 is 1. The highest BCUT2D eigenvalue weighted by atomic mass is 32.2. The van der Waals surface area contributed by atoms with Crippen LogP contribution in [0.4, 0.5) is 0 Å². The van der Waals surface area contributed by atoms with Gasteiger partial charge in [-0.3, -0.25) is 0 Å². The molecule has 0 saturated carbocycles. The molecular formula is C15H12O2S. The van der Waals surface area contributed by atoms with Gasteiger partial charge in [-0.05, 0) is 41.6 Å². The third kappa shape index (κ3) is 2.22. The van der Waals surface area contributed by atoms with Crippen molar-refractivity contribution in [1.29, 1.82) is 0 Å². The Balaban J connectivity index is 1.87. The molecule has 1 heterocycles. The Morgan fingerprint density at radius 3 is 2.72 bits per heavy atom. The van der Waals surface area contributed by atoms with Crippen molar-refractivity contribution in [2.45, 2.75) is 4.90 Å². The predicted molar refractivity (Wildman–Crippen MR) is 73.9 cm³/mol. The summed E-state index contributed by atoms with van der Waals surface area (Å²) in [5, 5.41) is 0.893. The van der Waals surface area contributed by atoms with Crippen LogP contribution in [0.15, 0.2) is 58.5 Å². The van der Waals surface area contributed by atoms with Crippen LogP contribution in [0, 0.1) is 0 Å². The lowest BCUT2D eigenvalue weighted by Gasteiger charge is -2.00. The fourth-order valence-corrected chi connectivity index (χ4v) is 2.69. The number of hydrogen-bond acceptors (Lipinski definition) is 3. The first-order valence-corrected chi connectivity index (χ1v) is 6.47. The van der Waals surface area contributed by atoms with E-state index in [9.17, 15) is 0 Å². The zero-order valence-corrected chi connectivity index (χ0v) is 10.7. The van der Waals surface area contributed by atoms with Gasteiger partial charge in [0.15, 0.2) is 5.09 Å². The van der Waals surface area contributed by atoms with Crippen molar-refractivity contribution in [3.63, 3.8) is 0 Å². The third-order valence-electron chi connectivity index (χ3n) is 2.66. The average molecular weight is 256 g/mol. The van der Waals surface area contributed by atoms with Crippen molar-refractivity contribution in [2.24, 2.45) is 0 Å². The summed E-state index contributed by atoms with van der Waals surface area (Å²) in [4.78, 5) is 1.09. The van der Waals surface area contributed by atoms with Crippen molar-refractivity contribution in [3.8, 4) is 11.5 Å². The van der Waals surface area contributed by atoms with Crippen molar-refractivity contribution in [2.75, 3.05) is 7.11 Å². The Bertz CT molecular complexity index is 591.